The SMILES string of the molecule is CN=C(NCCC1CCN(C)CC1)NC(C)Cc1ccc(C)s1.I. The number of hydrogen-bond donors (Lipinski definition) is 2. The maximum atomic E-state index is 4.36. The van der Waals surface area contributed by atoms with Gasteiger partial charge in [0, 0.05) is 35.8 Å². The number of nitrogens with zero attached hydrogens (tertiary/aromatic N) is 2. The van der Waals surface area contributed by atoms with E-state index in [9.17, 15) is 0 Å². The molecule has 1 aromatic rings. The van der Waals surface area contributed by atoms with E-state index in [1.807, 2.05) is 18.4 Å². The van der Waals surface area contributed by atoms with Crippen LogP contribution in [0.3, 0.4) is 0 Å². The van der Waals surface area contributed by atoms with E-state index in [4.69, 9.17) is 0 Å². The van der Waals surface area contributed by atoms with Crippen LogP contribution in [0.15, 0.2) is 17.1 Å². The van der Waals surface area contributed by atoms with Gasteiger partial charge >= 0.3 is 0 Å². The third-order valence-corrected chi connectivity index (χ3v) is 5.62. The Bertz CT molecular complexity index is 495. The fraction of sp³-hybridized carbons (Fsp3) is 0.722. The minimum absolute atomic E-state index is 0. The van der Waals surface area contributed by atoms with Crippen molar-refractivity contribution in [2.75, 3.05) is 33.7 Å². The highest BCUT2D eigenvalue weighted by atomic mass is 127. The molecule has 0 bridgehead atoms. The third-order valence-electron chi connectivity index (χ3n) is 4.59. The number of likely N-dealkylation sites (tertiary alicyclic amines) is 1. The average molecular weight is 464 g/mol. The molecular weight excluding hydrogens is 431 g/mol. The molecule has 6 heteroatoms. The highest BCUT2D eigenvalue weighted by molar-refractivity contribution is 14.0. The van der Waals surface area contributed by atoms with Gasteiger partial charge in [-0.1, -0.05) is 0 Å². The second-order valence-electron chi connectivity index (χ2n) is 6.80. The van der Waals surface area contributed by atoms with Gasteiger partial charge in [-0.05, 0) is 71.3 Å². The number of thiophene rings is 1. The minimum atomic E-state index is 0. The maximum Gasteiger partial charge on any atom is 0.191 e. The van der Waals surface area contributed by atoms with Crippen molar-refractivity contribution in [3.8, 4) is 0 Å². The Hall–Kier alpha value is -0.340. The molecule has 1 saturated heterocycles. The quantitative estimate of drug-likeness (QED) is 0.385. The largest absolute Gasteiger partial charge is 0.356 e. The Labute approximate surface area is 168 Å². The zero-order valence-electron chi connectivity index (χ0n) is 15.5. The van der Waals surface area contributed by atoms with Crippen molar-refractivity contribution in [3.63, 3.8) is 0 Å². The standard InChI is InChI=1S/C18H32N4S.HI/c1-14(13-17-6-5-15(2)23-17)21-18(19-3)20-10-7-16-8-11-22(4)12-9-16;/h5-6,14,16H,7-13H2,1-4H3,(H2,19,20,21);1H. The van der Waals surface area contributed by atoms with E-state index in [1.165, 1.54) is 42.1 Å². The van der Waals surface area contributed by atoms with Crippen molar-refractivity contribution in [1.29, 1.82) is 0 Å². The number of aryl methyl sites for hydroxylation is 1. The van der Waals surface area contributed by atoms with E-state index in [0.717, 1.165) is 24.8 Å². The van der Waals surface area contributed by atoms with E-state index >= 15 is 0 Å². The second-order valence-corrected chi connectivity index (χ2v) is 8.17. The topological polar surface area (TPSA) is 39.7 Å². The summed E-state index contributed by atoms with van der Waals surface area (Å²) in [6, 6.07) is 4.82. The first kappa shape index (κ1) is 21.7. The van der Waals surface area contributed by atoms with Gasteiger partial charge in [0.05, 0.1) is 0 Å². The Kier molecular flexibility index (Phi) is 10.2. The molecule has 1 aliphatic heterocycles. The van der Waals surface area contributed by atoms with Crippen LogP contribution in [0.2, 0.25) is 0 Å². The van der Waals surface area contributed by atoms with Gasteiger partial charge < -0.3 is 15.5 Å². The molecule has 0 aromatic carbocycles. The summed E-state index contributed by atoms with van der Waals surface area (Å²) >= 11 is 1.88. The molecule has 1 fully saturated rings. The van der Waals surface area contributed by atoms with Crippen molar-refractivity contribution in [1.82, 2.24) is 15.5 Å². The molecule has 1 aliphatic rings. The fourth-order valence-corrected chi connectivity index (χ4v) is 4.14. The molecule has 2 rings (SSSR count). The lowest BCUT2D eigenvalue weighted by atomic mass is 9.94. The van der Waals surface area contributed by atoms with Crippen molar-refractivity contribution in [2.45, 2.75) is 45.6 Å². The molecule has 24 heavy (non-hydrogen) atoms. The third kappa shape index (κ3) is 7.70. The van der Waals surface area contributed by atoms with Gasteiger partial charge in [0.1, 0.15) is 0 Å². The van der Waals surface area contributed by atoms with E-state index in [2.05, 4.69) is 53.6 Å². The summed E-state index contributed by atoms with van der Waals surface area (Å²) in [6.45, 7) is 7.89. The Morgan fingerprint density at radius 2 is 2.08 bits per heavy atom. The van der Waals surface area contributed by atoms with E-state index < -0.39 is 0 Å². The first-order valence-electron chi connectivity index (χ1n) is 8.78. The van der Waals surface area contributed by atoms with Gasteiger partial charge in [0.2, 0.25) is 0 Å². The lowest BCUT2D eigenvalue weighted by Crippen LogP contribution is -2.43. The number of aliphatic imine (C=N–C) groups is 1. The molecule has 138 valence electrons. The molecule has 2 heterocycles. The van der Waals surface area contributed by atoms with Crippen molar-refractivity contribution in [2.24, 2.45) is 10.9 Å². The highest BCUT2D eigenvalue weighted by Gasteiger charge is 2.16. The van der Waals surface area contributed by atoms with Crippen molar-refractivity contribution < 1.29 is 0 Å². The number of nitrogens with one attached hydrogen (secondary N) is 2. The van der Waals surface area contributed by atoms with Crippen LogP contribution < -0.4 is 10.6 Å². The molecular formula is C18H33IN4S. The average Bonchev–Trinajstić information content (AvgIpc) is 2.93. The molecule has 4 nitrogen and oxygen atoms in total. The number of hydrogen-bond acceptors (Lipinski definition) is 3. The molecule has 0 amide bonds. The van der Waals surface area contributed by atoms with Gasteiger partial charge in [0.25, 0.3) is 0 Å². The summed E-state index contributed by atoms with van der Waals surface area (Å²) in [4.78, 5) is 9.60. The molecule has 1 unspecified atom stereocenters. The molecule has 2 N–H and O–H groups in total. The normalized spacial score (nSPS) is 18.1. The van der Waals surface area contributed by atoms with Crippen LogP contribution >= 0.6 is 35.3 Å². The second kappa shape index (κ2) is 11.3. The van der Waals surface area contributed by atoms with E-state index in [1.54, 1.807) is 0 Å². The molecule has 0 radical (unpaired) electrons. The van der Waals surface area contributed by atoms with Crippen LogP contribution in [0, 0.1) is 12.8 Å². The maximum absolute atomic E-state index is 4.36. The Balaban J connectivity index is 0.00000288. The van der Waals surface area contributed by atoms with Crippen molar-refractivity contribution in [3.05, 3.63) is 21.9 Å². The zero-order chi connectivity index (χ0) is 16.7. The van der Waals surface area contributed by atoms with Gasteiger partial charge in [-0.2, -0.15) is 0 Å². The lowest BCUT2D eigenvalue weighted by Gasteiger charge is -2.29. The fourth-order valence-electron chi connectivity index (χ4n) is 3.12. The van der Waals surface area contributed by atoms with Crippen molar-refractivity contribution >= 4 is 41.3 Å². The van der Waals surface area contributed by atoms with Crippen LogP contribution in [0.25, 0.3) is 0 Å². The van der Waals surface area contributed by atoms with Crippen LogP contribution in [0.4, 0.5) is 0 Å². The summed E-state index contributed by atoms with van der Waals surface area (Å²) in [7, 11) is 4.07. The summed E-state index contributed by atoms with van der Waals surface area (Å²) in [5.41, 5.74) is 0. The van der Waals surface area contributed by atoms with Crippen LogP contribution in [0.5, 0.6) is 0 Å². The Morgan fingerprint density at radius 1 is 1.38 bits per heavy atom. The molecule has 0 saturated carbocycles. The Morgan fingerprint density at radius 3 is 2.67 bits per heavy atom. The lowest BCUT2D eigenvalue weighted by molar-refractivity contribution is 0.213. The monoisotopic (exact) mass is 464 g/mol. The van der Waals surface area contributed by atoms with Gasteiger partial charge in [0.15, 0.2) is 5.96 Å². The molecule has 0 aliphatic carbocycles. The van der Waals surface area contributed by atoms with Gasteiger partial charge in [-0.15, -0.1) is 35.3 Å². The van der Waals surface area contributed by atoms with E-state index in [-0.39, 0.29) is 24.0 Å². The number of guanidine groups is 1. The predicted octanol–water partition coefficient (Wildman–Crippen LogP) is 3.50. The van der Waals surface area contributed by atoms with Crippen LogP contribution in [0.1, 0.15) is 35.9 Å². The zero-order valence-corrected chi connectivity index (χ0v) is 18.6. The van der Waals surface area contributed by atoms with Gasteiger partial charge in [-0.3, -0.25) is 4.99 Å². The van der Waals surface area contributed by atoms with Crippen LogP contribution in [-0.4, -0.2) is 50.6 Å². The minimum Gasteiger partial charge on any atom is -0.356 e. The summed E-state index contributed by atoms with van der Waals surface area (Å²) in [5, 5.41) is 6.99. The first-order valence-corrected chi connectivity index (χ1v) is 9.59. The van der Waals surface area contributed by atoms with Gasteiger partial charge in [-0.25, -0.2) is 0 Å². The molecule has 1 atom stereocenters. The first-order chi connectivity index (χ1) is 11.1. The number of halogens is 1. The summed E-state index contributed by atoms with van der Waals surface area (Å²) < 4.78 is 0. The number of rotatable bonds is 6. The van der Waals surface area contributed by atoms with E-state index in [0.29, 0.717) is 6.04 Å². The summed E-state index contributed by atoms with van der Waals surface area (Å²) in [6.07, 6.45) is 4.96. The predicted molar refractivity (Wildman–Crippen MR) is 117 cm³/mol. The summed E-state index contributed by atoms with van der Waals surface area (Å²) in [5.74, 6) is 1.79. The smallest absolute Gasteiger partial charge is 0.191 e. The number of piperidine rings is 1. The highest BCUT2D eigenvalue weighted by Crippen LogP contribution is 2.19. The molecule has 1 aromatic heterocycles. The molecule has 0 spiro atoms. The van der Waals surface area contributed by atoms with Crippen LogP contribution in [-0.2, 0) is 6.42 Å².